The van der Waals surface area contributed by atoms with Gasteiger partial charge in [-0.25, -0.2) is 0 Å². The lowest BCUT2D eigenvalue weighted by molar-refractivity contribution is -0.118. The Morgan fingerprint density at radius 2 is 2.10 bits per heavy atom. The second-order valence-electron chi connectivity index (χ2n) is 5.53. The molecule has 0 fully saturated rings. The van der Waals surface area contributed by atoms with Crippen LogP contribution in [0.5, 0.6) is 0 Å². The van der Waals surface area contributed by atoms with Crippen LogP contribution in [-0.4, -0.2) is 29.9 Å². The molecular formula is C17H27NO2S. The van der Waals surface area contributed by atoms with Crippen molar-refractivity contribution in [2.24, 2.45) is 5.92 Å². The van der Waals surface area contributed by atoms with Gasteiger partial charge in [0.05, 0.1) is 5.75 Å². The summed E-state index contributed by atoms with van der Waals surface area (Å²) in [5.41, 5.74) is 2.43. The van der Waals surface area contributed by atoms with Gasteiger partial charge in [0.2, 0.25) is 5.91 Å². The monoisotopic (exact) mass is 309 g/mol. The summed E-state index contributed by atoms with van der Waals surface area (Å²) in [5, 5.41) is 12.0. The Morgan fingerprint density at radius 3 is 2.76 bits per heavy atom. The van der Waals surface area contributed by atoms with Gasteiger partial charge in [-0.05, 0) is 44.2 Å². The second-order valence-corrected chi connectivity index (χ2v) is 6.55. The molecule has 3 nitrogen and oxygen atoms in total. The van der Waals surface area contributed by atoms with Gasteiger partial charge in [-0.15, -0.1) is 11.8 Å². The summed E-state index contributed by atoms with van der Waals surface area (Å²) in [5.74, 6) is 0.900. The molecule has 4 heteroatoms. The lowest BCUT2D eigenvalue weighted by Gasteiger charge is -2.15. The number of aryl methyl sites for hydroxylation is 2. The van der Waals surface area contributed by atoms with Crippen LogP contribution in [0.2, 0.25) is 0 Å². The van der Waals surface area contributed by atoms with Crippen LogP contribution in [0.25, 0.3) is 0 Å². The molecule has 21 heavy (non-hydrogen) atoms. The summed E-state index contributed by atoms with van der Waals surface area (Å²) in [6.45, 7) is 7.12. The summed E-state index contributed by atoms with van der Waals surface area (Å²) < 4.78 is 0. The highest BCUT2D eigenvalue weighted by Crippen LogP contribution is 2.23. The average molecular weight is 309 g/mol. The Morgan fingerprint density at radius 1 is 1.33 bits per heavy atom. The van der Waals surface area contributed by atoms with Gasteiger partial charge in [-0.1, -0.05) is 31.0 Å². The first-order valence-corrected chi connectivity index (χ1v) is 8.63. The number of hydrogen-bond donors (Lipinski definition) is 2. The summed E-state index contributed by atoms with van der Waals surface area (Å²) >= 11 is 1.59. The van der Waals surface area contributed by atoms with Gasteiger partial charge in [-0.2, -0.15) is 0 Å². The van der Waals surface area contributed by atoms with Crippen LogP contribution in [0, 0.1) is 19.8 Å². The van der Waals surface area contributed by atoms with Crippen molar-refractivity contribution in [3.63, 3.8) is 0 Å². The number of hydrogen-bond acceptors (Lipinski definition) is 3. The molecule has 0 saturated carbocycles. The van der Waals surface area contributed by atoms with E-state index in [0.29, 0.717) is 18.2 Å². The van der Waals surface area contributed by atoms with E-state index in [1.165, 1.54) is 16.0 Å². The molecule has 0 heterocycles. The van der Waals surface area contributed by atoms with Crippen molar-refractivity contribution in [3.05, 3.63) is 29.3 Å². The van der Waals surface area contributed by atoms with Crippen LogP contribution in [-0.2, 0) is 4.79 Å². The molecule has 1 aromatic carbocycles. The number of benzene rings is 1. The highest BCUT2D eigenvalue weighted by atomic mass is 32.2. The molecule has 1 rings (SSSR count). The highest BCUT2D eigenvalue weighted by Gasteiger charge is 2.10. The van der Waals surface area contributed by atoms with E-state index in [9.17, 15) is 4.79 Å². The minimum absolute atomic E-state index is 0.0694. The maximum absolute atomic E-state index is 11.9. The van der Waals surface area contributed by atoms with E-state index in [4.69, 9.17) is 5.11 Å². The molecule has 2 N–H and O–H groups in total. The molecule has 0 spiro atoms. The van der Waals surface area contributed by atoms with Crippen molar-refractivity contribution in [1.29, 1.82) is 0 Å². The van der Waals surface area contributed by atoms with Crippen molar-refractivity contribution in [2.45, 2.75) is 44.9 Å². The van der Waals surface area contributed by atoms with Crippen molar-refractivity contribution < 1.29 is 9.90 Å². The first-order chi connectivity index (χ1) is 10.1. The number of carbonyl (C=O) groups excluding carboxylic acids is 1. The van der Waals surface area contributed by atoms with Crippen molar-refractivity contribution >= 4 is 17.7 Å². The van der Waals surface area contributed by atoms with Gasteiger partial charge >= 0.3 is 0 Å². The van der Waals surface area contributed by atoms with E-state index in [0.717, 1.165) is 19.3 Å². The largest absolute Gasteiger partial charge is 0.396 e. The lowest BCUT2D eigenvalue weighted by Crippen LogP contribution is -2.31. The van der Waals surface area contributed by atoms with Crippen molar-refractivity contribution in [1.82, 2.24) is 5.32 Å². The van der Waals surface area contributed by atoms with E-state index >= 15 is 0 Å². The van der Waals surface area contributed by atoms with Gasteiger partial charge in [0.1, 0.15) is 0 Å². The molecule has 0 saturated heterocycles. The first-order valence-electron chi connectivity index (χ1n) is 7.64. The molecule has 1 amide bonds. The van der Waals surface area contributed by atoms with Crippen molar-refractivity contribution in [2.75, 3.05) is 18.9 Å². The number of aliphatic hydroxyl groups excluding tert-OH is 1. The van der Waals surface area contributed by atoms with Crippen LogP contribution in [0.1, 0.15) is 37.3 Å². The molecule has 0 aromatic heterocycles. The summed E-state index contributed by atoms with van der Waals surface area (Å²) in [4.78, 5) is 13.1. The SMILES string of the molecule is CCCC(CCO)CNC(=O)CSc1cc(C)ccc1C. The lowest BCUT2D eigenvalue weighted by atomic mass is 10.0. The van der Waals surface area contributed by atoms with Gasteiger partial charge in [0.25, 0.3) is 0 Å². The van der Waals surface area contributed by atoms with Crippen LogP contribution in [0.15, 0.2) is 23.1 Å². The van der Waals surface area contributed by atoms with Crippen LogP contribution >= 0.6 is 11.8 Å². The van der Waals surface area contributed by atoms with E-state index in [1.807, 2.05) is 0 Å². The van der Waals surface area contributed by atoms with Gasteiger partial charge < -0.3 is 10.4 Å². The highest BCUT2D eigenvalue weighted by molar-refractivity contribution is 8.00. The third kappa shape index (κ3) is 7.00. The van der Waals surface area contributed by atoms with Crippen LogP contribution in [0.3, 0.4) is 0 Å². The van der Waals surface area contributed by atoms with E-state index in [2.05, 4.69) is 44.3 Å². The predicted molar refractivity (Wildman–Crippen MR) is 89.8 cm³/mol. The average Bonchev–Trinajstić information content (AvgIpc) is 2.46. The summed E-state index contributed by atoms with van der Waals surface area (Å²) in [6, 6.07) is 6.30. The zero-order valence-electron chi connectivity index (χ0n) is 13.3. The van der Waals surface area contributed by atoms with E-state index in [-0.39, 0.29) is 12.5 Å². The van der Waals surface area contributed by atoms with Crippen LogP contribution < -0.4 is 5.32 Å². The molecule has 1 unspecified atom stereocenters. The third-order valence-corrected chi connectivity index (χ3v) is 4.68. The number of thioether (sulfide) groups is 1. The fraction of sp³-hybridized carbons (Fsp3) is 0.588. The Kier molecular flexibility index (Phi) is 8.47. The minimum Gasteiger partial charge on any atom is -0.396 e. The Balaban J connectivity index is 2.38. The Hall–Kier alpha value is -1.00. The Bertz CT molecular complexity index is 442. The van der Waals surface area contributed by atoms with E-state index < -0.39 is 0 Å². The molecule has 118 valence electrons. The molecule has 0 aliphatic heterocycles. The smallest absolute Gasteiger partial charge is 0.230 e. The van der Waals surface area contributed by atoms with E-state index in [1.54, 1.807) is 11.8 Å². The van der Waals surface area contributed by atoms with Gasteiger partial charge in [0.15, 0.2) is 0 Å². The standard InChI is InChI=1S/C17H27NO2S/c1-4-5-15(8-9-19)11-18-17(20)12-21-16-10-13(2)6-7-14(16)3/h6-7,10,15,19H,4-5,8-9,11-12H2,1-3H3,(H,18,20). The number of rotatable bonds is 9. The van der Waals surface area contributed by atoms with Gasteiger partial charge in [0, 0.05) is 18.0 Å². The van der Waals surface area contributed by atoms with Gasteiger partial charge in [-0.3, -0.25) is 4.79 Å². The fourth-order valence-corrected chi connectivity index (χ4v) is 3.21. The number of carbonyl (C=O) groups is 1. The van der Waals surface area contributed by atoms with Crippen molar-refractivity contribution in [3.8, 4) is 0 Å². The number of amides is 1. The fourth-order valence-electron chi connectivity index (χ4n) is 2.25. The number of aliphatic hydroxyl groups is 1. The molecule has 1 aromatic rings. The third-order valence-electron chi connectivity index (χ3n) is 3.52. The summed E-state index contributed by atoms with van der Waals surface area (Å²) in [6.07, 6.45) is 2.89. The van der Waals surface area contributed by atoms with Crippen LogP contribution in [0.4, 0.5) is 0 Å². The Labute approximate surface area is 132 Å². The zero-order chi connectivity index (χ0) is 15.7. The number of nitrogens with one attached hydrogen (secondary N) is 1. The summed E-state index contributed by atoms with van der Waals surface area (Å²) in [7, 11) is 0. The second kappa shape index (κ2) is 9.85. The molecule has 0 bridgehead atoms. The molecule has 0 aliphatic rings. The normalized spacial score (nSPS) is 12.2. The predicted octanol–water partition coefficient (Wildman–Crippen LogP) is 3.31. The maximum Gasteiger partial charge on any atom is 0.230 e. The minimum atomic E-state index is 0.0694. The zero-order valence-corrected chi connectivity index (χ0v) is 14.1. The maximum atomic E-state index is 11.9. The quantitative estimate of drug-likeness (QED) is 0.688. The topological polar surface area (TPSA) is 49.3 Å². The molecule has 0 radical (unpaired) electrons. The molecule has 0 aliphatic carbocycles. The molecule has 1 atom stereocenters. The molecular weight excluding hydrogens is 282 g/mol. The first kappa shape index (κ1) is 18.1.